The predicted octanol–water partition coefficient (Wildman–Crippen LogP) is 3.78. The van der Waals surface area contributed by atoms with Crippen molar-refractivity contribution < 1.29 is 23.5 Å². The van der Waals surface area contributed by atoms with E-state index in [0.717, 1.165) is 23.4 Å². The van der Waals surface area contributed by atoms with Crippen LogP contribution in [0.3, 0.4) is 0 Å². The van der Waals surface area contributed by atoms with E-state index in [0.29, 0.717) is 15.8 Å². The highest BCUT2D eigenvalue weighted by Gasteiger charge is 2.24. The summed E-state index contributed by atoms with van der Waals surface area (Å²) >= 11 is 4.20. The highest BCUT2D eigenvalue weighted by molar-refractivity contribution is 9.10. The molecule has 154 valence electrons. The summed E-state index contributed by atoms with van der Waals surface area (Å²) in [5.41, 5.74) is 1.21. The van der Waals surface area contributed by atoms with Crippen LogP contribution in [-0.4, -0.2) is 30.4 Å². The second-order valence-corrected chi connectivity index (χ2v) is 7.78. The summed E-state index contributed by atoms with van der Waals surface area (Å²) in [7, 11) is 1.23. The van der Waals surface area contributed by atoms with E-state index in [1.54, 1.807) is 36.4 Å². The molecule has 0 spiro atoms. The number of nitrogens with one attached hydrogen (secondary N) is 1. The number of amidine groups is 1. The van der Waals surface area contributed by atoms with Crippen molar-refractivity contribution in [1.82, 2.24) is 5.32 Å². The van der Waals surface area contributed by atoms with Crippen LogP contribution >= 0.6 is 27.7 Å². The Hall–Kier alpha value is -2.98. The number of carbonyl (C=O) groups is 2. The number of nitrogens with zero attached hydrogens (tertiary/aromatic N) is 2. The predicted molar refractivity (Wildman–Crippen MR) is 116 cm³/mol. The number of hydrogen-bond acceptors (Lipinski definition) is 7. The Morgan fingerprint density at radius 3 is 2.73 bits per heavy atom. The van der Waals surface area contributed by atoms with Crippen molar-refractivity contribution in [3.8, 4) is 5.75 Å². The van der Waals surface area contributed by atoms with Gasteiger partial charge in [0.1, 0.15) is 18.2 Å². The Balaban J connectivity index is 1.56. The fourth-order valence-corrected chi connectivity index (χ4v) is 3.31. The maximum Gasteiger partial charge on any atom is 0.331 e. The first-order valence-electron chi connectivity index (χ1n) is 8.51. The van der Waals surface area contributed by atoms with Crippen molar-refractivity contribution in [2.75, 3.05) is 7.11 Å². The van der Waals surface area contributed by atoms with Gasteiger partial charge in [-0.1, -0.05) is 22.0 Å². The number of esters is 1. The highest BCUT2D eigenvalue weighted by atomic mass is 79.9. The SMILES string of the molecule is COC(=O)/C=C1/S/C(=N\N=Cc2ccc(OCc3ccc(Br)cc3F)cc2)NC1=O. The Morgan fingerprint density at radius 1 is 1.27 bits per heavy atom. The third kappa shape index (κ3) is 6.01. The lowest BCUT2D eigenvalue weighted by Gasteiger charge is -2.07. The summed E-state index contributed by atoms with van der Waals surface area (Å²) in [5.74, 6) is -0.823. The molecule has 1 heterocycles. The van der Waals surface area contributed by atoms with Gasteiger partial charge in [0.2, 0.25) is 0 Å². The first kappa shape index (κ1) is 21.7. The minimum Gasteiger partial charge on any atom is -0.489 e. The van der Waals surface area contributed by atoms with E-state index in [1.807, 2.05) is 0 Å². The van der Waals surface area contributed by atoms with Gasteiger partial charge in [-0.2, -0.15) is 5.10 Å². The summed E-state index contributed by atoms with van der Waals surface area (Å²) in [6, 6.07) is 11.8. The normalized spacial score (nSPS) is 16.3. The summed E-state index contributed by atoms with van der Waals surface area (Å²) in [4.78, 5) is 23.1. The number of halogens is 2. The molecule has 1 fully saturated rings. The van der Waals surface area contributed by atoms with Crippen molar-refractivity contribution in [3.05, 3.63) is 74.9 Å². The van der Waals surface area contributed by atoms with E-state index in [1.165, 1.54) is 19.4 Å². The molecule has 1 N–H and O–H groups in total. The van der Waals surface area contributed by atoms with Crippen LogP contribution in [0.1, 0.15) is 11.1 Å². The molecule has 10 heteroatoms. The average Bonchev–Trinajstić information content (AvgIpc) is 3.07. The molecule has 2 aromatic carbocycles. The van der Waals surface area contributed by atoms with Gasteiger partial charge in [-0.15, -0.1) is 5.10 Å². The fourth-order valence-electron chi connectivity index (χ4n) is 2.24. The molecule has 0 atom stereocenters. The topological polar surface area (TPSA) is 89.3 Å². The summed E-state index contributed by atoms with van der Waals surface area (Å²) in [5, 5.41) is 10.6. The molecule has 1 aliphatic rings. The van der Waals surface area contributed by atoms with E-state index in [4.69, 9.17) is 4.74 Å². The van der Waals surface area contributed by atoms with Crippen molar-refractivity contribution in [2.45, 2.75) is 6.61 Å². The van der Waals surface area contributed by atoms with Crippen LogP contribution in [0, 0.1) is 5.82 Å². The van der Waals surface area contributed by atoms with E-state index in [-0.39, 0.29) is 22.5 Å². The minimum absolute atomic E-state index is 0.110. The molecular formula is C20H15BrFN3O4S. The zero-order valence-corrected chi connectivity index (χ0v) is 18.0. The van der Waals surface area contributed by atoms with Crippen LogP contribution in [0.15, 0.2) is 68.1 Å². The smallest absolute Gasteiger partial charge is 0.331 e. The molecule has 0 aromatic heterocycles. The first-order valence-corrected chi connectivity index (χ1v) is 10.1. The zero-order chi connectivity index (χ0) is 21.5. The molecule has 0 saturated carbocycles. The van der Waals surface area contributed by atoms with Gasteiger partial charge in [-0.25, -0.2) is 9.18 Å². The van der Waals surface area contributed by atoms with Crippen LogP contribution in [0.5, 0.6) is 5.75 Å². The van der Waals surface area contributed by atoms with Crippen molar-refractivity contribution >= 4 is 51.0 Å². The van der Waals surface area contributed by atoms with Gasteiger partial charge in [0, 0.05) is 16.1 Å². The van der Waals surface area contributed by atoms with Crippen molar-refractivity contribution in [2.24, 2.45) is 10.2 Å². The number of amides is 1. The molecule has 7 nitrogen and oxygen atoms in total. The minimum atomic E-state index is -0.623. The summed E-state index contributed by atoms with van der Waals surface area (Å²) < 4.78 is 24.6. The largest absolute Gasteiger partial charge is 0.489 e. The average molecular weight is 492 g/mol. The molecule has 0 bridgehead atoms. The number of hydrogen-bond donors (Lipinski definition) is 1. The molecule has 3 rings (SSSR count). The van der Waals surface area contributed by atoms with Crippen LogP contribution in [0.2, 0.25) is 0 Å². The number of carbonyl (C=O) groups excluding carboxylic acids is 2. The van der Waals surface area contributed by atoms with Crippen molar-refractivity contribution in [1.29, 1.82) is 0 Å². The molecule has 0 aliphatic carbocycles. The molecule has 0 radical (unpaired) electrons. The first-order chi connectivity index (χ1) is 14.4. The van der Waals surface area contributed by atoms with Crippen LogP contribution < -0.4 is 10.1 Å². The van der Waals surface area contributed by atoms with Gasteiger partial charge in [0.25, 0.3) is 5.91 Å². The van der Waals surface area contributed by atoms with E-state index < -0.39 is 11.9 Å². The fraction of sp³-hybridized carbons (Fsp3) is 0.100. The van der Waals surface area contributed by atoms with E-state index in [9.17, 15) is 14.0 Å². The Morgan fingerprint density at radius 2 is 2.03 bits per heavy atom. The van der Waals surface area contributed by atoms with Gasteiger partial charge in [0.15, 0.2) is 5.17 Å². The second kappa shape index (κ2) is 10.2. The number of thioether (sulfide) groups is 1. The molecule has 30 heavy (non-hydrogen) atoms. The molecule has 1 aliphatic heterocycles. The van der Waals surface area contributed by atoms with Crippen LogP contribution in [0.4, 0.5) is 4.39 Å². The molecule has 1 amide bonds. The summed E-state index contributed by atoms with van der Waals surface area (Å²) in [6.07, 6.45) is 2.59. The standard InChI is InChI=1S/C20H15BrFN3O4S/c1-28-18(26)9-17-19(27)24-20(30-17)25-23-10-12-2-6-15(7-3-12)29-11-13-4-5-14(21)8-16(13)22/h2-10H,11H2,1H3,(H,24,25,27)/b17-9+,23-10?. The Labute approximate surface area is 184 Å². The third-order valence-electron chi connectivity index (χ3n) is 3.75. The van der Waals surface area contributed by atoms with Gasteiger partial charge in [0.05, 0.1) is 18.2 Å². The van der Waals surface area contributed by atoms with Crippen molar-refractivity contribution in [3.63, 3.8) is 0 Å². The monoisotopic (exact) mass is 491 g/mol. The highest BCUT2D eigenvalue weighted by Crippen LogP contribution is 2.23. The van der Waals surface area contributed by atoms with E-state index >= 15 is 0 Å². The van der Waals surface area contributed by atoms with Gasteiger partial charge >= 0.3 is 5.97 Å². The van der Waals surface area contributed by atoms with Gasteiger partial charge in [-0.05, 0) is 53.7 Å². The summed E-state index contributed by atoms with van der Waals surface area (Å²) in [6.45, 7) is 0.110. The molecule has 0 unspecified atom stereocenters. The molecular weight excluding hydrogens is 477 g/mol. The van der Waals surface area contributed by atoms with Crippen LogP contribution in [0.25, 0.3) is 0 Å². The second-order valence-electron chi connectivity index (χ2n) is 5.83. The maximum absolute atomic E-state index is 13.8. The number of ether oxygens (including phenoxy) is 2. The number of methoxy groups -OCH3 is 1. The lowest BCUT2D eigenvalue weighted by Crippen LogP contribution is -2.19. The number of benzene rings is 2. The zero-order valence-electron chi connectivity index (χ0n) is 15.6. The number of rotatable bonds is 6. The van der Waals surface area contributed by atoms with E-state index in [2.05, 4.69) is 36.2 Å². The maximum atomic E-state index is 13.8. The quantitative estimate of drug-likeness (QED) is 0.287. The lowest BCUT2D eigenvalue weighted by molar-refractivity contribution is -0.135. The molecule has 1 saturated heterocycles. The Kier molecular flexibility index (Phi) is 7.36. The van der Waals surface area contributed by atoms with Gasteiger partial charge in [-0.3, -0.25) is 10.1 Å². The molecule has 2 aromatic rings. The van der Waals surface area contributed by atoms with Crippen LogP contribution in [-0.2, 0) is 20.9 Å². The lowest BCUT2D eigenvalue weighted by atomic mass is 10.2. The van der Waals surface area contributed by atoms with Gasteiger partial charge < -0.3 is 9.47 Å². The third-order valence-corrected chi connectivity index (χ3v) is 5.14. The Bertz CT molecular complexity index is 1050.